The van der Waals surface area contributed by atoms with Crippen molar-refractivity contribution in [3.05, 3.63) is 40.5 Å². The fraction of sp³-hybridized carbons (Fsp3) is 0.500. The number of fused-ring (bicyclic) bond motifs is 1. The number of hydrogen-bond donors (Lipinski definition) is 1. The largest absolute Gasteiger partial charge is 0.308 e. The third kappa shape index (κ3) is 3.83. The van der Waals surface area contributed by atoms with Gasteiger partial charge in [0.2, 0.25) is 0 Å². The normalized spacial score (nSPS) is 13.0. The first-order valence-corrected chi connectivity index (χ1v) is 8.79. The fourth-order valence-electron chi connectivity index (χ4n) is 2.87. The third-order valence-corrected chi connectivity index (χ3v) is 4.77. The molecule has 2 aromatic rings. The molecule has 3 heteroatoms. The Balaban J connectivity index is 2.44. The molecule has 21 heavy (non-hydrogen) atoms. The maximum Gasteiger partial charge on any atom is 0.0725 e. The second-order valence-electron chi connectivity index (χ2n) is 5.56. The van der Waals surface area contributed by atoms with E-state index in [1.165, 1.54) is 18.2 Å². The van der Waals surface area contributed by atoms with Crippen LogP contribution in [0.1, 0.15) is 51.8 Å². The van der Waals surface area contributed by atoms with Gasteiger partial charge in [0.25, 0.3) is 0 Å². The molecule has 0 radical (unpaired) electrons. The van der Waals surface area contributed by atoms with E-state index in [0.29, 0.717) is 12.0 Å². The standard InChI is InChI=1S/C18H25BrN2/c1-4-11-20-17(13(5-2)6-3)18-15(19)12-14-9-7-8-10-16(14)21-18/h7-10,12-13,17,20H,4-6,11H2,1-3H3. The Hall–Kier alpha value is -0.930. The van der Waals surface area contributed by atoms with E-state index in [1.54, 1.807) is 0 Å². The van der Waals surface area contributed by atoms with E-state index < -0.39 is 0 Å². The summed E-state index contributed by atoms with van der Waals surface area (Å²) in [6, 6.07) is 10.8. The maximum atomic E-state index is 4.94. The zero-order valence-electron chi connectivity index (χ0n) is 13.2. The second kappa shape index (κ2) is 7.90. The Kier molecular flexibility index (Phi) is 6.19. The molecule has 0 spiro atoms. The zero-order chi connectivity index (χ0) is 15.2. The Morgan fingerprint density at radius 3 is 2.52 bits per heavy atom. The van der Waals surface area contributed by atoms with Gasteiger partial charge in [-0.15, -0.1) is 0 Å². The van der Waals surface area contributed by atoms with E-state index >= 15 is 0 Å². The minimum absolute atomic E-state index is 0.318. The predicted octanol–water partition coefficient (Wildman–Crippen LogP) is 5.47. The molecule has 0 saturated carbocycles. The first kappa shape index (κ1) is 16.4. The van der Waals surface area contributed by atoms with Gasteiger partial charge in [-0.1, -0.05) is 51.8 Å². The number of benzene rings is 1. The molecular weight excluding hydrogens is 324 g/mol. The van der Waals surface area contributed by atoms with Gasteiger partial charge in [0, 0.05) is 9.86 Å². The molecule has 0 bridgehead atoms. The number of hydrogen-bond acceptors (Lipinski definition) is 2. The van der Waals surface area contributed by atoms with Gasteiger partial charge in [0.05, 0.1) is 17.3 Å². The van der Waals surface area contributed by atoms with Crippen LogP contribution in [0.5, 0.6) is 0 Å². The average molecular weight is 349 g/mol. The van der Waals surface area contributed by atoms with Crippen molar-refractivity contribution >= 4 is 26.8 Å². The Morgan fingerprint density at radius 1 is 1.14 bits per heavy atom. The highest BCUT2D eigenvalue weighted by atomic mass is 79.9. The molecule has 1 atom stereocenters. The van der Waals surface area contributed by atoms with Crippen molar-refractivity contribution in [2.75, 3.05) is 6.54 Å². The van der Waals surface area contributed by atoms with Crippen LogP contribution in [-0.2, 0) is 0 Å². The Labute approximate surface area is 136 Å². The van der Waals surface area contributed by atoms with Gasteiger partial charge in [-0.2, -0.15) is 0 Å². The number of para-hydroxylation sites is 1. The molecule has 2 rings (SSSR count). The Bertz CT molecular complexity index is 578. The van der Waals surface area contributed by atoms with Gasteiger partial charge in [0.15, 0.2) is 0 Å². The summed E-state index contributed by atoms with van der Waals surface area (Å²) < 4.78 is 1.11. The lowest BCUT2D eigenvalue weighted by Gasteiger charge is -2.27. The van der Waals surface area contributed by atoms with Crippen LogP contribution < -0.4 is 5.32 Å². The van der Waals surface area contributed by atoms with E-state index in [1.807, 2.05) is 0 Å². The van der Waals surface area contributed by atoms with Gasteiger partial charge in [-0.25, -0.2) is 4.98 Å². The van der Waals surface area contributed by atoms with E-state index in [-0.39, 0.29) is 0 Å². The number of aromatic nitrogens is 1. The molecule has 2 nitrogen and oxygen atoms in total. The minimum Gasteiger partial charge on any atom is -0.308 e. The van der Waals surface area contributed by atoms with Crippen LogP contribution in [0, 0.1) is 5.92 Å². The number of pyridine rings is 1. The summed E-state index contributed by atoms with van der Waals surface area (Å²) in [5.74, 6) is 0.613. The number of rotatable bonds is 7. The molecule has 1 unspecified atom stereocenters. The molecule has 1 heterocycles. The lowest BCUT2D eigenvalue weighted by molar-refractivity contribution is 0.335. The van der Waals surface area contributed by atoms with Crippen molar-refractivity contribution in [3.8, 4) is 0 Å². The molecule has 114 valence electrons. The SMILES string of the molecule is CCCNC(c1nc2ccccc2cc1Br)C(CC)CC. The first-order chi connectivity index (χ1) is 10.2. The van der Waals surface area contributed by atoms with E-state index in [2.05, 4.69) is 72.3 Å². The van der Waals surface area contributed by atoms with Gasteiger partial charge in [-0.3, -0.25) is 0 Å². The fourth-order valence-corrected chi connectivity index (χ4v) is 3.45. The van der Waals surface area contributed by atoms with Crippen LogP contribution in [-0.4, -0.2) is 11.5 Å². The van der Waals surface area contributed by atoms with Crippen molar-refractivity contribution in [1.82, 2.24) is 10.3 Å². The molecule has 1 N–H and O–H groups in total. The Morgan fingerprint density at radius 2 is 1.86 bits per heavy atom. The van der Waals surface area contributed by atoms with Gasteiger partial charge < -0.3 is 5.32 Å². The highest BCUT2D eigenvalue weighted by Crippen LogP contribution is 2.32. The topological polar surface area (TPSA) is 24.9 Å². The van der Waals surface area contributed by atoms with Crippen LogP contribution in [0.4, 0.5) is 0 Å². The molecule has 0 aliphatic carbocycles. The van der Waals surface area contributed by atoms with E-state index in [9.17, 15) is 0 Å². The molecule has 0 fully saturated rings. The highest BCUT2D eigenvalue weighted by Gasteiger charge is 2.23. The van der Waals surface area contributed by atoms with Crippen molar-refractivity contribution in [2.45, 2.75) is 46.1 Å². The minimum atomic E-state index is 0.318. The lowest BCUT2D eigenvalue weighted by atomic mass is 9.91. The van der Waals surface area contributed by atoms with Crippen molar-refractivity contribution in [1.29, 1.82) is 0 Å². The van der Waals surface area contributed by atoms with Crippen molar-refractivity contribution < 1.29 is 0 Å². The maximum absolute atomic E-state index is 4.94. The lowest BCUT2D eigenvalue weighted by Crippen LogP contribution is -2.29. The van der Waals surface area contributed by atoms with Crippen LogP contribution >= 0.6 is 15.9 Å². The molecule has 1 aromatic carbocycles. The second-order valence-corrected chi connectivity index (χ2v) is 6.41. The molecule has 0 amide bonds. The molecular formula is C18H25BrN2. The van der Waals surface area contributed by atoms with Crippen LogP contribution in [0.3, 0.4) is 0 Å². The zero-order valence-corrected chi connectivity index (χ0v) is 14.8. The van der Waals surface area contributed by atoms with Gasteiger partial charge in [-0.05, 0) is 46.9 Å². The first-order valence-electron chi connectivity index (χ1n) is 7.99. The monoisotopic (exact) mass is 348 g/mol. The van der Waals surface area contributed by atoms with Crippen molar-refractivity contribution in [3.63, 3.8) is 0 Å². The van der Waals surface area contributed by atoms with Gasteiger partial charge >= 0.3 is 0 Å². The van der Waals surface area contributed by atoms with Crippen molar-refractivity contribution in [2.24, 2.45) is 5.92 Å². The number of nitrogens with zero attached hydrogens (tertiary/aromatic N) is 1. The quantitative estimate of drug-likeness (QED) is 0.716. The third-order valence-electron chi connectivity index (χ3n) is 4.13. The van der Waals surface area contributed by atoms with E-state index in [0.717, 1.165) is 28.6 Å². The smallest absolute Gasteiger partial charge is 0.0725 e. The summed E-state index contributed by atoms with van der Waals surface area (Å²) in [6.07, 6.45) is 3.47. The molecule has 0 aliphatic rings. The highest BCUT2D eigenvalue weighted by molar-refractivity contribution is 9.10. The summed E-state index contributed by atoms with van der Waals surface area (Å²) >= 11 is 3.73. The number of halogens is 1. The summed E-state index contributed by atoms with van der Waals surface area (Å²) in [7, 11) is 0. The van der Waals surface area contributed by atoms with Gasteiger partial charge in [0.1, 0.15) is 0 Å². The van der Waals surface area contributed by atoms with Crippen LogP contribution in [0.25, 0.3) is 10.9 Å². The summed E-state index contributed by atoms with van der Waals surface area (Å²) in [5.41, 5.74) is 2.22. The summed E-state index contributed by atoms with van der Waals surface area (Å²) in [5, 5.41) is 4.89. The molecule has 0 aliphatic heterocycles. The van der Waals surface area contributed by atoms with E-state index in [4.69, 9.17) is 4.98 Å². The molecule has 0 saturated heterocycles. The number of nitrogens with one attached hydrogen (secondary N) is 1. The average Bonchev–Trinajstić information content (AvgIpc) is 2.51. The summed E-state index contributed by atoms with van der Waals surface area (Å²) in [4.78, 5) is 4.94. The van der Waals surface area contributed by atoms with Crippen LogP contribution in [0.15, 0.2) is 34.8 Å². The van der Waals surface area contributed by atoms with Crippen LogP contribution in [0.2, 0.25) is 0 Å². The predicted molar refractivity (Wildman–Crippen MR) is 94.5 cm³/mol. The molecule has 1 aromatic heterocycles. The summed E-state index contributed by atoms with van der Waals surface area (Å²) in [6.45, 7) is 7.77.